The number of likely N-dealkylation sites (tertiary alicyclic amines) is 1. The molecule has 186 valence electrons. The number of phenols is 1. The SMILES string of the molecule is COc1ccc(/C=C2\c3ccc(O)cc3CC23Cc2ccc(OCCN4CCCCC4)cc2C3)cc1. The van der Waals surface area contributed by atoms with Gasteiger partial charge in [0.15, 0.2) is 0 Å². The molecule has 0 bridgehead atoms. The predicted octanol–water partition coefficient (Wildman–Crippen LogP) is 6.15. The van der Waals surface area contributed by atoms with Crippen molar-refractivity contribution < 1.29 is 14.6 Å². The molecule has 1 heterocycles. The van der Waals surface area contributed by atoms with Crippen LogP contribution < -0.4 is 9.47 Å². The Balaban J connectivity index is 1.25. The number of hydrogen-bond donors (Lipinski definition) is 1. The molecule has 0 radical (unpaired) electrons. The van der Waals surface area contributed by atoms with Crippen molar-refractivity contribution in [2.75, 3.05) is 33.4 Å². The van der Waals surface area contributed by atoms with Crippen molar-refractivity contribution in [1.29, 1.82) is 0 Å². The molecule has 4 heteroatoms. The van der Waals surface area contributed by atoms with Gasteiger partial charge < -0.3 is 14.6 Å². The van der Waals surface area contributed by atoms with Crippen LogP contribution in [0.5, 0.6) is 17.2 Å². The number of allylic oxidation sites excluding steroid dienone is 1. The number of phenolic OH excluding ortho intramolecular Hbond substituents is 1. The maximum atomic E-state index is 10.2. The molecule has 6 rings (SSSR count). The molecular weight excluding hydrogens is 446 g/mol. The van der Waals surface area contributed by atoms with E-state index in [1.54, 1.807) is 7.11 Å². The fraction of sp³-hybridized carbons (Fsp3) is 0.375. The van der Waals surface area contributed by atoms with E-state index in [9.17, 15) is 5.11 Å². The molecule has 1 atom stereocenters. The number of piperidine rings is 1. The summed E-state index contributed by atoms with van der Waals surface area (Å²) in [6, 6.07) is 20.8. The summed E-state index contributed by atoms with van der Waals surface area (Å²) in [6.07, 6.45) is 9.27. The lowest BCUT2D eigenvalue weighted by Crippen LogP contribution is -2.33. The lowest BCUT2D eigenvalue weighted by Gasteiger charge is -2.26. The second-order valence-corrected chi connectivity index (χ2v) is 10.7. The van der Waals surface area contributed by atoms with Crippen molar-refractivity contribution in [3.05, 3.63) is 88.5 Å². The summed E-state index contributed by atoms with van der Waals surface area (Å²) in [5.41, 5.74) is 7.84. The quantitative estimate of drug-likeness (QED) is 0.459. The summed E-state index contributed by atoms with van der Waals surface area (Å²) in [7, 11) is 1.70. The van der Waals surface area contributed by atoms with Gasteiger partial charge in [0.1, 0.15) is 23.9 Å². The minimum atomic E-state index is 0.00477. The van der Waals surface area contributed by atoms with Gasteiger partial charge in [-0.1, -0.05) is 36.8 Å². The van der Waals surface area contributed by atoms with Crippen molar-refractivity contribution in [1.82, 2.24) is 4.90 Å². The average molecular weight is 482 g/mol. The number of aromatic hydroxyl groups is 1. The van der Waals surface area contributed by atoms with Crippen LogP contribution in [-0.2, 0) is 19.3 Å². The van der Waals surface area contributed by atoms with Crippen LogP contribution in [0.4, 0.5) is 0 Å². The van der Waals surface area contributed by atoms with Crippen LogP contribution in [0.25, 0.3) is 11.6 Å². The molecule has 3 aliphatic rings. The van der Waals surface area contributed by atoms with Crippen LogP contribution in [0.1, 0.15) is 47.1 Å². The smallest absolute Gasteiger partial charge is 0.119 e. The molecule has 36 heavy (non-hydrogen) atoms. The normalized spacial score (nSPS) is 22.1. The first-order valence-corrected chi connectivity index (χ1v) is 13.3. The lowest BCUT2D eigenvalue weighted by molar-refractivity contribution is 0.183. The van der Waals surface area contributed by atoms with Gasteiger partial charge in [0, 0.05) is 12.0 Å². The number of methoxy groups -OCH3 is 1. The van der Waals surface area contributed by atoms with Gasteiger partial charge in [0.05, 0.1) is 7.11 Å². The minimum absolute atomic E-state index is 0.00477. The van der Waals surface area contributed by atoms with Gasteiger partial charge in [0.25, 0.3) is 0 Å². The Morgan fingerprint density at radius 1 is 0.833 bits per heavy atom. The Hall–Kier alpha value is -3.24. The van der Waals surface area contributed by atoms with Gasteiger partial charge in [-0.25, -0.2) is 0 Å². The number of nitrogens with zero attached hydrogens (tertiary/aromatic N) is 1. The van der Waals surface area contributed by atoms with Crippen molar-refractivity contribution in [3.63, 3.8) is 0 Å². The number of hydrogen-bond acceptors (Lipinski definition) is 4. The van der Waals surface area contributed by atoms with Gasteiger partial charge in [-0.3, -0.25) is 4.90 Å². The second-order valence-electron chi connectivity index (χ2n) is 10.7. The highest BCUT2D eigenvalue weighted by Crippen LogP contribution is 2.55. The third-order valence-electron chi connectivity index (χ3n) is 8.27. The summed E-state index contributed by atoms with van der Waals surface area (Å²) in [4.78, 5) is 2.52. The van der Waals surface area contributed by atoms with Crippen LogP contribution >= 0.6 is 0 Å². The first-order chi connectivity index (χ1) is 17.6. The second kappa shape index (κ2) is 9.67. The van der Waals surface area contributed by atoms with E-state index < -0.39 is 0 Å². The molecule has 2 aliphatic carbocycles. The molecule has 0 amide bonds. The topological polar surface area (TPSA) is 41.9 Å². The van der Waals surface area contributed by atoms with Gasteiger partial charge in [-0.15, -0.1) is 0 Å². The Morgan fingerprint density at radius 3 is 2.39 bits per heavy atom. The maximum absolute atomic E-state index is 10.2. The van der Waals surface area contributed by atoms with Crippen LogP contribution in [-0.4, -0.2) is 43.4 Å². The first kappa shape index (κ1) is 23.2. The molecule has 1 N–H and O–H groups in total. The maximum Gasteiger partial charge on any atom is 0.119 e. The molecule has 1 spiro atoms. The van der Waals surface area contributed by atoms with Crippen molar-refractivity contribution >= 4 is 11.6 Å². The molecule has 1 saturated heterocycles. The fourth-order valence-electron chi connectivity index (χ4n) is 6.44. The monoisotopic (exact) mass is 481 g/mol. The van der Waals surface area contributed by atoms with E-state index in [0.717, 1.165) is 43.9 Å². The van der Waals surface area contributed by atoms with E-state index in [0.29, 0.717) is 5.75 Å². The minimum Gasteiger partial charge on any atom is -0.508 e. The number of fused-ring (bicyclic) bond motifs is 2. The van der Waals surface area contributed by atoms with E-state index in [-0.39, 0.29) is 5.41 Å². The summed E-state index contributed by atoms with van der Waals surface area (Å²) in [5.74, 6) is 2.19. The molecular formula is C32H35NO3. The average Bonchev–Trinajstić information content (AvgIpc) is 3.40. The predicted molar refractivity (Wildman–Crippen MR) is 145 cm³/mol. The molecule has 3 aromatic rings. The third-order valence-corrected chi connectivity index (χ3v) is 8.27. The molecule has 4 nitrogen and oxygen atoms in total. The van der Waals surface area contributed by atoms with E-state index in [1.165, 1.54) is 65.7 Å². The van der Waals surface area contributed by atoms with Crippen LogP contribution in [0, 0.1) is 5.41 Å². The molecule has 0 aromatic heterocycles. The highest BCUT2D eigenvalue weighted by Gasteiger charge is 2.46. The molecule has 1 unspecified atom stereocenters. The molecule has 1 aliphatic heterocycles. The Labute approximate surface area is 214 Å². The highest BCUT2D eigenvalue weighted by atomic mass is 16.5. The van der Waals surface area contributed by atoms with Gasteiger partial charge in [-0.2, -0.15) is 0 Å². The van der Waals surface area contributed by atoms with E-state index in [4.69, 9.17) is 9.47 Å². The van der Waals surface area contributed by atoms with Gasteiger partial charge in [0.2, 0.25) is 0 Å². The Morgan fingerprint density at radius 2 is 1.58 bits per heavy atom. The van der Waals surface area contributed by atoms with Crippen LogP contribution in [0.15, 0.2) is 60.7 Å². The van der Waals surface area contributed by atoms with Crippen molar-refractivity contribution in [2.45, 2.75) is 38.5 Å². The van der Waals surface area contributed by atoms with E-state index in [2.05, 4.69) is 47.4 Å². The Bertz CT molecular complexity index is 1270. The standard InChI is InChI=1S/C32H35NO3/c1-35-28-9-5-23(6-10-28)17-31-30-12-8-27(34)18-26(30)22-32(31)20-24-7-11-29(19-25(24)21-32)36-16-15-33-13-3-2-4-14-33/h5-12,17-19,34H,2-4,13-16,20-22H2,1H3/b31-17+. The zero-order chi connectivity index (χ0) is 24.5. The lowest BCUT2D eigenvalue weighted by atomic mass is 9.77. The van der Waals surface area contributed by atoms with Gasteiger partial charge >= 0.3 is 0 Å². The van der Waals surface area contributed by atoms with Gasteiger partial charge in [-0.05, 0) is 115 Å². The Kier molecular flexibility index (Phi) is 6.22. The van der Waals surface area contributed by atoms with E-state index >= 15 is 0 Å². The first-order valence-electron chi connectivity index (χ1n) is 13.3. The summed E-state index contributed by atoms with van der Waals surface area (Å²) < 4.78 is 11.6. The number of benzene rings is 3. The molecule has 1 fully saturated rings. The zero-order valence-corrected chi connectivity index (χ0v) is 21.1. The van der Waals surface area contributed by atoms with Crippen LogP contribution in [0.2, 0.25) is 0 Å². The van der Waals surface area contributed by atoms with Crippen molar-refractivity contribution in [2.24, 2.45) is 5.41 Å². The zero-order valence-electron chi connectivity index (χ0n) is 21.1. The number of rotatable bonds is 6. The summed E-state index contributed by atoms with van der Waals surface area (Å²) in [6.45, 7) is 4.16. The van der Waals surface area contributed by atoms with Crippen LogP contribution in [0.3, 0.4) is 0 Å². The van der Waals surface area contributed by atoms with Crippen molar-refractivity contribution in [3.8, 4) is 17.2 Å². The molecule has 3 aromatic carbocycles. The summed E-state index contributed by atoms with van der Waals surface area (Å²) >= 11 is 0. The van der Waals surface area contributed by atoms with E-state index in [1.807, 2.05) is 24.3 Å². The summed E-state index contributed by atoms with van der Waals surface area (Å²) in [5, 5.41) is 10.2. The largest absolute Gasteiger partial charge is 0.508 e. The molecule has 0 saturated carbocycles. The fourth-order valence-corrected chi connectivity index (χ4v) is 6.44. The number of ether oxygens (including phenoxy) is 2. The third kappa shape index (κ3) is 4.51. The highest BCUT2D eigenvalue weighted by molar-refractivity contribution is 5.90.